The molecule has 0 heterocycles. The monoisotopic (exact) mass is 865 g/mol. The minimum atomic E-state index is -0.622. The molecule has 9 aromatic rings. The molecule has 11 rings (SSSR count). The summed E-state index contributed by atoms with van der Waals surface area (Å²) in [4.78, 5) is 2.49. The number of hydrogen-bond donors (Lipinski definition) is 0. The van der Waals surface area contributed by atoms with E-state index in [1.807, 2.05) is 0 Å². The van der Waals surface area contributed by atoms with Crippen LogP contribution in [0.15, 0.2) is 212 Å². The third-order valence-electron chi connectivity index (χ3n) is 14.9. The molecule has 0 fully saturated rings. The molecule has 0 saturated heterocycles. The number of fused-ring (bicyclic) bond motifs is 6. The van der Waals surface area contributed by atoms with Crippen molar-refractivity contribution in [2.45, 2.75) is 77.0 Å². The van der Waals surface area contributed by atoms with Crippen LogP contribution in [-0.4, -0.2) is 0 Å². The SMILES string of the molecule is CC(C)(C)c1cc(C(C)(C)C)cc(C2(c3ccc(-c4ccccc4)cc3)c3ccccc3-c3ccc(N(c4ccc(-c5ccccc5)cc4)c4ccc5c(c4)C(C)(C)c4ccccc4-5)cc32)c1. The Balaban J connectivity index is 1.18. The minimum absolute atomic E-state index is 0.0686. The molecular weight excluding hydrogens is 807 g/mol. The molecule has 1 heteroatoms. The van der Waals surface area contributed by atoms with Gasteiger partial charge in [0.15, 0.2) is 0 Å². The van der Waals surface area contributed by atoms with Crippen LogP contribution in [0.1, 0.15) is 99.9 Å². The summed E-state index contributed by atoms with van der Waals surface area (Å²) in [6, 6.07) is 80.2. The first-order valence-electron chi connectivity index (χ1n) is 24.0. The highest BCUT2D eigenvalue weighted by molar-refractivity contribution is 5.91. The van der Waals surface area contributed by atoms with Gasteiger partial charge in [0.2, 0.25) is 0 Å². The maximum absolute atomic E-state index is 2.53. The number of anilines is 3. The second kappa shape index (κ2) is 15.7. The molecular formula is C66H59N. The van der Waals surface area contributed by atoms with E-state index in [-0.39, 0.29) is 16.2 Å². The van der Waals surface area contributed by atoms with Crippen molar-refractivity contribution in [2.75, 3.05) is 4.90 Å². The largest absolute Gasteiger partial charge is 0.310 e. The summed E-state index contributed by atoms with van der Waals surface area (Å²) in [5.41, 5.74) is 23.1. The molecule has 0 spiro atoms. The predicted molar refractivity (Wildman–Crippen MR) is 284 cm³/mol. The summed E-state index contributed by atoms with van der Waals surface area (Å²) in [6.07, 6.45) is 0. The standard InChI is InChI=1S/C66H59N/c1-63(2,3)49-39-50(64(4,5)6)41-51(40-49)66(48-31-27-46(28-32-48)44-19-11-9-12-20-44)60-26-18-16-24-56(60)58-38-36-54(43-62(58)66)67(52-33-29-47(30-34-52)45-21-13-10-14-22-45)53-35-37-57-55-23-15-17-25-59(55)65(7,8)61(57)42-53/h9-43H,1-8H3. The first-order chi connectivity index (χ1) is 32.2. The number of hydrogen-bond acceptors (Lipinski definition) is 1. The van der Waals surface area contributed by atoms with Gasteiger partial charge in [-0.25, -0.2) is 0 Å². The molecule has 0 radical (unpaired) electrons. The number of rotatable bonds is 7. The molecule has 67 heavy (non-hydrogen) atoms. The lowest BCUT2D eigenvalue weighted by Gasteiger charge is -2.37. The molecule has 328 valence electrons. The highest BCUT2D eigenvalue weighted by Crippen LogP contribution is 2.59. The van der Waals surface area contributed by atoms with E-state index in [4.69, 9.17) is 0 Å². The van der Waals surface area contributed by atoms with Crippen molar-refractivity contribution in [3.05, 3.63) is 257 Å². The van der Waals surface area contributed by atoms with Gasteiger partial charge in [0.25, 0.3) is 0 Å². The van der Waals surface area contributed by atoms with Crippen molar-refractivity contribution in [1.82, 2.24) is 0 Å². The van der Waals surface area contributed by atoms with Gasteiger partial charge in [-0.2, -0.15) is 0 Å². The zero-order valence-corrected chi connectivity index (χ0v) is 40.2. The smallest absolute Gasteiger partial charge is 0.0714 e. The van der Waals surface area contributed by atoms with Crippen LogP contribution in [0.3, 0.4) is 0 Å². The lowest BCUT2D eigenvalue weighted by Crippen LogP contribution is -2.30. The maximum Gasteiger partial charge on any atom is 0.0714 e. The van der Waals surface area contributed by atoms with Crippen molar-refractivity contribution in [2.24, 2.45) is 0 Å². The third-order valence-corrected chi connectivity index (χ3v) is 14.9. The van der Waals surface area contributed by atoms with Crippen LogP contribution in [0, 0.1) is 0 Å². The lowest BCUT2D eigenvalue weighted by molar-refractivity contribution is 0.564. The van der Waals surface area contributed by atoms with Gasteiger partial charge in [0, 0.05) is 22.5 Å². The zero-order chi connectivity index (χ0) is 46.3. The van der Waals surface area contributed by atoms with Crippen molar-refractivity contribution < 1.29 is 0 Å². The van der Waals surface area contributed by atoms with E-state index < -0.39 is 5.41 Å². The topological polar surface area (TPSA) is 3.24 Å². The van der Waals surface area contributed by atoms with Gasteiger partial charge in [-0.15, -0.1) is 0 Å². The van der Waals surface area contributed by atoms with Crippen LogP contribution in [0.4, 0.5) is 17.1 Å². The van der Waals surface area contributed by atoms with Crippen LogP contribution in [-0.2, 0) is 21.7 Å². The molecule has 1 nitrogen and oxygen atoms in total. The fourth-order valence-corrected chi connectivity index (χ4v) is 11.2. The second-order valence-corrected chi connectivity index (χ2v) is 21.4. The van der Waals surface area contributed by atoms with E-state index in [1.54, 1.807) is 0 Å². The van der Waals surface area contributed by atoms with Crippen molar-refractivity contribution in [1.29, 1.82) is 0 Å². The summed E-state index contributed by atoms with van der Waals surface area (Å²) in [6.45, 7) is 18.9. The fraction of sp³-hybridized carbons (Fsp3) is 0.182. The zero-order valence-electron chi connectivity index (χ0n) is 40.2. The van der Waals surface area contributed by atoms with Gasteiger partial charge in [0.05, 0.1) is 5.41 Å². The molecule has 2 aliphatic carbocycles. The van der Waals surface area contributed by atoms with Gasteiger partial charge in [-0.1, -0.05) is 231 Å². The number of nitrogens with zero attached hydrogens (tertiary/aromatic N) is 1. The Bertz CT molecular complexity index is 3270. The lowest BCUT2D eigenvalue weighted by atomic mass is 9.65. The second-order valence-electron chi connectivity index (χ2n) is 21.4. The Morgan fingerprint density at radius 1 is 0.313 bits per heavy atom. The molecule has 1 atom stereocenters. The maximum atomic E-state index is 2.53. The molecule has 0 amide bonds. The van der Waals surface area contributed by atoms with Crippen LogP contribution in [0.5, 0.6) is 0 Å². The first-order valence-corrected chi connectivity index (χ1v) is 24.0. The van der Waals surface area contributed by atoms with Gasteiger partial charge >= 0.3 is 0 Å². The highest BCUT2D eigenvalue weighted by atomic mass is 15.1. The minimum Gasteiger partial charge on any atom is -0.310 e. The first kappa shape index (κ1) is 42.4. The summed E-state index contributed by atoms with van der Waals surface area (Å²) in [5, 5.41) is 0. The third kappa shape index (κ3) is 6.98. The van der Waals surface area contributed by atoms with Gasteiger partial charge in [0.1, 0.15) is 0 Å². The Morgan fingerprint density at radius 3 is 1.25 bits per heavy atom. The van der Waals surface area contributed by atoms with Crippen LogP contribution in [0.25, 0.3) is 44.5 Å². The normalized spacial score (nSPS) is 15.6. The molecule has 0 aliphatic heterocycles. The van der Waals surface area contributed by atoms with E-state index in [0.717, 1.165) is 17.1 Å². The van der Waals surface area contributed by atoms with Gasteiger partial charge < -0.3 is 4.90 Å². The Labute approximate surface area is 398 Å². The van der Waals surface area contributed by atoms with E-state index >= 15 is 0 Å². The van der Waals surface area contributed by atoms with Crippen molar-refractivity contribution >= 4 is 17.1 Å². The van der Waals surface area contributed by atoms with E-state index in [0.29, 0.717) is 0 Å². The van der Waals surface area contributed by atoms with Crippen molar-refractivity contribution in [3.63, 3.8) is 0 Å². The van der Waals surface area contributed by atoms with Gasteiger partial charge in [-0.05, 0) is 136 Å². The Morgan fingerprint density at radius 2 is 0.716 bits per heavy atom. The molecule has 0 aromatic heterocycles. The quantitative estimate of drug-likeness (QED) is 0.154. The van der Waals surface area contributed by atoms with E-state index in [9.17, 15) is 0 Å². The Kier molecular flexibility index (Phi) is 9.94. The highest BCUT2D eigenvalue weighted by Gasteiger charge is 2.47. The molecule has 0 bridgehead atoms. The summed E-state index contributed by atoms with van der Waals surface area (Å²) in [7, 11) is 0. The molecule has 0 N–H and O–H groups in total. The predicted octanol–water partition coefficient (Wildman–Crippen LogP) is 17.8. The molecule has 1 unspecified atom stereocenters. The number of benzene rings is 9. The average molecular weight is 866 g/mol. The van der Waals surface area contributed by atoms with Crippen molar-refractivity contribution in [3.8, 4) is 44.5 Å². The van der Waals surface area contributed by atoms with Crippen LogP contribution in [0.2, 0.25) is 0 Å². The fourth-order valence-electron chi connectivity index (χ4n) is 11.2. The summed E-state index contributed by atoms with van der Waals surface area (Å²) >= 11 is 0. The summed E-state index contributed by atoms with van der Waals surface area (Å²) < 4.78 is 0. The van der Waals surface area contributed by atoms with Gasteiger partial charge in [-0.3, -0.25) is 0 Å². The van der Waals surface area contributed by atoms with E-state index in [1.165, 1.54) is 89.0 Å². The van der Waals surface area contributed by atoms with E-state index in [2.05, 4.69) is 273 Å². The molecule has 0 saturated carbocycles. The van der Waals surface area contributed by atoms with Crippen LogP contribution >= 0.6 is 0 Å². The average Bonchev–Trinajstić information content (AvgIpc) is 3.77. The molecule has 2 aliphatic rings. The summed E-state index contributed by atoms with van der Waals surface area (Å²) in [5.74, 6) is 0. The Hall–Kier alpha value is -7.22. The molecule has 9 aromatic carbocycles. The van der Waals surface area contributed by atoms with Crippen LogP contribution < -0.4 is 4.90 Å².